The van der Waals surface area contributed by atoms with Crippen molar-refractivity contribution in [3.05, 3.63) is 84.3 Å². The molecule has 150 valence electrons. The topological polar surface area (TPSA) is 56.1 Å². The molecular formula is C21H18F3N3O2. The largest absolute Gasteiger partial charge is 0.506 e. The lowest BCUT2D eigenvalue weighted by atomic mass is 10.1. The smallest absolute Gasteiger partial charge is 0.435 e. The fourth-order valence-corrected chi connectivity index (χ4v) is 2.82. The Morgan fingerprint density at radius 2 is 1.86 bits per heavy atom. The minimum atomic E-state index is -4.82. The molecule has 1 amide bonds. The molecule has 0 bridgehead atoms. The molecule has 1 aromatic rings. The molecule has 2 aliphatic rings. The second kappa shape index (κ2) is 8.22. The van der Waals surface area contributed by atoms with Gasteiger partial charge in [0.1, 0.15) is 11.4 Å². The maximum atomic E-state index is 13.4. The van der Waals surface area contributed by atoms with Crippen molar-refractivity contribution in [1.29, 1.82) is 0 Å². The number of rotatable bonds is 4. The number of para-hydroxylation sites is 2. The molecule has 8 heteroatoms. The predicted octanol–water partition coefficient (Wildman–Crippen LogP) is 4.43. The van der Waals surface area contributed by atoms with Crippen molar-refractivity contribution in [3.8, 4) is 5.75 Å². The molecule has 0 fully saturated rings. The third-order valence-corrected chi connectivity index (χ3v) is 4.21. The number of phenols is 1. The van der Waals surface area contributed by atoms with Crippen molar-refractivity contribution in [3.63, 3.8) is 0 Å². The van der Waals surface area contributed by atoms with Crippen molar-refractivity contribution in [2.45, 2.75) is 13.1 Å². The number of alkyl halides is 3. The van der Waals surface area contributed by atoms with E-state index in [9.17, 15) is 23.1 Å². The summed E-state index contributed by atoms with van der Waals surface area (Å²) in [6.45, 7) is 2.71. The second-order valence-corrected chi connectivity index (χ2v) is 6.10. The van der Waals surface area contributed by atoms with Gasteiger partial charge in [0.2, 0.25) is 0 Å². The van der Waals surface area contributed by atoms with Crippen LogP contribution in [0.3, 0.4) is 0 Å². The van der Waals surface area contributed by atoms with E-state index in [4.69, 9.17) is 0 Å². The molecule has 0 saturated heterocycles. The van der Waals surface area contributed by atoms with Crippen LogP contribution in [0.25, 0.3) is 0 Å². The highest BCUT2D eigenvalue weighted by molar-refractivity contribution is 6.32. The van der Waals surface area contributed by atoms with E-state index in [0.29, 0.717) is 5.01 Å². The fraction of sp³-hybridized carbons (Fsp3) is 0.143. The summed E-state index contributed by atoms with van der Waals surface area (Å²) >= 11 is 0. The summed E-state index contributed by atoms with van der Waals surface area (Å²) in [4.78, 5) is 14.5. The van der Waals surface area contributed by atoms with E-state index in [1.54, 1.807) is 12.2 Å². The van der Waals surface area contributed by atoms with Gasteiger partial charge < -0.3 is 10.0 Å². The first-order chi connectivity index (χ1) is 13.8. The molecule has 0 spiro atoms. The highest BCUT2D eigenvalue weighted by Gasteiger charge is 2.46. The van der Waals surface area contributed by atoms with Gasteiger partial charge in [-0.2, -0.15) is 23.3 Å². The maximum absolute atomic E-state index is 13.4. The Morgan fingerprint density at radius 1 is 1.14 bits per heavy atom. The van der Waals surface area contributed by atoms with E-state index < -0.39 is 23.4 Å². The Bertz CT molecular complexity index is 985. The lowest BCUT2D eigenvalue weighted by Gasteiger charge is -2.21. The van der Waals surface area contributed by atoms with Crippen molar-refractivity contribution < 1.29 is 23.1 Å². The molecule has 5 nitrogen and oxygen atoms in total. The molecule has 0 radical (unpaired) electrons. The van der Waals surface area contributed by atoms with E-state index in [1.165, 1.54) is 30.3 Å². The van der Waals surface area contributed by atoms with E-state index in [-0.39, 0.29) is 11.4 Å². The molecule has 2 heterocycles. The number of hydrogen-bond acceptors (Lipinski definition) is 4. The summed E-state index contributed by atoms with van der Waals surface area (Å²) in [5, 5.41) is 13.8. The number of phenolic OH excluding ortho intramolecular Hbond substituents is 1. The van der Waals surface area contributed by atoms with Crippen LogP contribution in [0.4, 0.5) is 18.9 Å². The van der Waals surface area contributed by atoms with Gasteiger partial charge in [0, 0.05) is 18.4 Å². The third-order valence-electron chi connectivity index (χ3n) is 4.21. The number of likely N-dealkylation sites (N-methyl/N-ethyl adjacent to an activating group) is 1. The minimum Gasteiger partial charge on any atom is -0.506 e. The lowest BCUT2D eigenvalue weighted by Crippen LogP contribution is -2.25. The van der Waals surface area contributed by atoms with Gasteiger partial charge in [0.05, 0.1) is 5.57 Å². The van der Waals surface area contributed by atoms with Crippen molar-refractivity contribution in [1.82, 2.24) is 4.90 Å². The second-order valence-electron chi connectivity index (χ2n) is 6.10. The van der Waals surface area contributed by atoms with Crippen LogP contribution in [0.1, 0.15) is 6.92 Å². The normalized spacial score (nSPS) is 19.9. The summed E-state index contributed by atoms with van der Waals surface area (Å²) in [6, 6.07) is 5.57. The molecule has 0 saturated carbocycles. The van der Waals surface area contributed by atoms with Crippen LogP contribution in [0, 0.1) is 0 Å². The quantitative estimate of drug-likeness (QED) is 0.760. The zero-order valence-electron chi connectivity index (χ0n) is 15.5. The monoisotopic (exact) mass is 401 g/mol. The van der Waals surface area contributed by atoms with Crippen molar-refractivity contribution in [2.75, 3.05) is 11.6 Å². The number of anilines is 1. The Morgan fingerprint density at radius 3 is 2.55 bits per heavy atom. The van der Waals surface area contributed by atoms with E-state index in [2.05, 4.69) is 5.10 Å². The number of benzene rings is 1. The molecule has 3 rings (SSSR count). The molecule has 0 aliphatic carbocycles. The van der Waals surface area contributed by atoms with Crippen LogP contribution in [-0.4, -0.2) is 34.3 Å². The van der Waals surface area contributed by atoms with Crippen LogP contribution < -0.4 is 5.01 Å². The Hall–Kier alpha value is -3.55. The number of nitrogens with zero attached hydrogens (tertiary/aromatic N) is 3. The lowest BCUT2D eigenvalue weighted by molar-refractivity contribution is -0.114. The van der Waals surface area contributed by atoms with Gasteiger partial charge >= 0.3 is 6.18 Å². The Labute approximate surface area is 165 Å². The molecular weight excluding hydrogens is 383 g/mol. The van der Waals surface area contributed by atoms with E-state index in [0.717, 1.165) is 18.3 Å². The minimum absolute atomic E-state index is 0.119. The first-order valence-electron chi connectivity index (χ1n) is 8.81. The van der Waals surface area contributed by atoms with E-state index >= 15 is 0 Å². The molecule has 0 aromatic heterocycles. The summed E-state index contributed by atoms with van der Waals surface area (Å²) < 4.78 is 40.2. The van der Waals surface area contributed by atoms with Gasteiger partial charge in [-0.1, -0.05) is 30.4 Å². The van der Waals surface area contributed by atoms with Gasteiger partial charge in [-0.3, -0.25) is 4.79 Å². The summed E-state index contributed by atoms with van der Waals surface area (Å²) in [5.41, 5.74) is -1.16. The Balaban J connectivity index is 1.90. The average Bonchev–Trinajstić information content (AvgIpc) is 3.02. The van der Waals surface area contributed by atoms with Gasteiger partial charge in [-0.15, -0.1) is 0 Å². The number of halogens is 3. The zero-order chi connectivity index (χ0) is 21.0. The van der Waals surface area contributed by atoms with Crippen LogP contribution in [0.5, 0.6) is 5.75 Å². The van der Waals surface area contributed by atoms with Crippen LogP contribution in [-0.2, 0) is 4.79 Å². The number of aromatic hydroxyl groups is 1. The van der Waals surface area contributed by atoms with Crippen molar-refractivity contribution in [2.24, 2.45) is 5.10 Å². The van der Waals surface area contributed by atoms with Gasteiger partial charge in [0.25, 0.3) is 5.91 Å². The maximum Gasteiger partial charge on any atom is 0.435 e. The zero-order valence-corrected chi connectivity index (χ0v) is 15.5. The fourth-order valence-electron chi connectivity index (χ4n) is 2.82. The van der Waals surface area contributed by atoms with E-state index in [1.807, 2.05) is 36.3 Å². The number of allylic oxidation sites excluding steroid dienone is 7. The predicted molar refractivity (Wildman–Crippen MR) is 105 cm³/mol. The number of hydrazone groups is 1. The standard InChI is InChI=1S/C21H18F3N3O2/c1-2-26-14-8-7-10-15(26)9-3-4-11-16-19(21(22,23)24)25-27(20(16)29)17-12-5-6-13-18(17)28/h3-14,28H,2H2,1H3. The van der Waals surface area contributed by atoms with Gasteiger partial charge in [-0.25, -0.2) is 0 Å². The molecule has 0 unspecified atom stereocenters. The summed E-state index contributed by atoms with van der Waals surface area (Å²) in [7, 11) is 0. The number of hydrogen-bond donors (Lipinski definition) is 1. The molecule has 1 aromatic carbocycles. The molecule has 29 heavy (non-hydrogen) atoms. The molecule has 1 N–H and O–H groups in total. The Kier molecular flexibility index (Phi) is 5.72. The van der Waals surface area contributed by atoms with Gasteiger partial charge in [-0.05, 0) is 43.4 Å². The molecule has 0 atom stereocenters. The first kappa shape index (κ1) is 20.2. The summed E-state index contributed by atoms with van der Waals surface area (Å²) in [6.07, 6.45) is 8.38. The van der Waals surface area contributed by atoms with Gasteiger partial charge in [0.15, 0.2) is 5.71 Å². The number of carbonyl (C=O) groups is 1. The molecule has 2 aliphatic heterocycles. The van der Waals surface area contributed by atoms with Crippen molar-refractivity contribution >= 4 is 17.3 Å². The van der Waals surface area contributed by atoms with Crippen LogP contribution in [0.2, 0.25) is 0 Å². The number of amides is 1. The average molecular weight is 401 g/mol. The SMILES string of the molecule is CCN1C=CC=CC1=CC=CC=C1C(=O)N(c2ccccc2O)N=C1C(F)(F)F. The third kappa shape index (κ3) is 4.31. The first-order valence-corrected chi connectivity index (χ1v) is 8.81. The number of carbonyl (C=O) groups excluding carboxylic acids is 1. The summed E-state index contributed by atoms with van der Waals surface area (Å²) in [5.74, 6) is -1.31. The van der Waals surface area contributed by atoms with Crippen LogP contribution in [0.15, 0.2) is 89.4 Å². The highest BCUT2D eigenvalue weighted by atomic mass is 19.4. The highest BCUT2D eigenvalue weighted by Crippen LogP contribution is 2.35. The van der Waals surface area contributed by atoms with Crippen LogP contribution >= 0.6 is 0 Å².